The topological polar surface area (TPSA) is 97.8 Å². The van der Waals surface area contributed by atoms with Crippen molar-refractivity contribution in [1.29, 1.82) is 0 Å². The number of ether oxygens (including phenoxy) is 4. The smallest absolute Gasteiger partial charge is 0.300 e. The first-order valence-electron chi connectivity index (χ1n) is 12.0. The van der Waals surface area contributed by atoms with Gasteiger partial charge in [-0.1, -0.05) is 29.3 Å². The highest BCUT2D eigenvalue weighted by Gasteiger charge is 2.47. The molecule has 1 heterocycles. The molecule has 9 nitrogen and oxygen atoms in total. The number of carbonyl (C=O) groups is 2. The van der Waals surface area contributed by atoms with Crippen molar-refractivity contribution >= 4 is 52.0 Å². The summed E-state index contributed by atoms with van der Waals surface area (Å²) in [6.45, 7) is 0. The molecule has 0 spiro atoms. The van der Waals surface area contributed by atoms with Gasteiger partial charge in [0.1, 0.15) is 10.8 Å². The van der Waals surface area contributed by atoms with Crippen molar-refractivity contribution in [1.82, 2.24) is 0 Å². The van der Waals surface area contributed by atoms with Crippen LogP contribution >= 0.6 is 23.2 Å². The van der Waals surface area contributed by atoms with Crippen molar-refractivity contribution in [3.63, 3.8) is 0 Å². The van der Waals surface area contributed by atoms with Gasteiger partial charge in [0.05, 0.1) is 50.6 Å². The largest absolute Gasteiger partial charge is 0.507 e. The molecule has 3 aromatic rings. The van der Waals surface area contributed by atoms with Gasteiger partial charge in [0.15, 0.2) is 23.0 Å². The van der Waals surface area contributed by atoms with E-state index >= 15 is 0 Å². The van der Waals surface area contributed by atoms with Gasteiger partial charge in [-0.2, -0.15) is 0 Å². The average Bonchev–Trinajstić information content (AvgIpc) is 3.22. The van der Waals surface area contributed by atoms with Gasteiger partial charge in [0.2, 0.25) is 0 Å². The molecule has 1 aliphatic heterocycles. The highest BCUT2D eigenvalue weighted by atomic mass is 35.5. The van der Waals surface area contributed by atoms with E-state index in [1.54, 1.807) is 30.3 Å². The second-order valence-corrected chi connectivity index (χ2v) is 9.77. The molecule has 3 aromatic carbocycles. The number of anilines is 2. The molecule has 1 aliphatic rings. The number of aliphatic hydroxyl groups excluding tert-OH is 1. The van der Waals surface area contributed by atoms with Crippen LogP contribution < -0.4 is 28.7 Å². The lowest BCUT2D eigenvalue weighted by atomic mass is 9.94. The highest BCUT2D eigenvalue weighted by Crippen LogP contribution is 2.48. The van der Waals surface area contributed by atoms with Crippen molar-refractivity contribution < 1.29 is 33.6 Å². The second kappa shape index (κ2) is 11.6. The van der Waals surface area contributed by atoms with E-state index < -0.39 is 23.5 Å². The van der Waals surface area contributed by atoms with E-state index in [2.05, 4.69) is 0 Å². The van der Waals surface area contributed by atoms with Gasteiger partial charge in [-0.15, -0.1) is 0 Å². The van der Waals surface area contributed by atoms with Crippen molar-refractivity contribution in [3.05, 3.63) is 75.3 Å². The predicted molar refractivity (Wildman–Crippen MR) is 155 cm³/mol. The number of methoxy groups -OCH3 is 4. The maximum absolute atomic E-state index is 13.6. The number of ketones is 1. The molecule has 11 heteroatoms. The lowest BCUT2D eigenvalue weighted by Crippen LogP contribution is -2.29. The molecular weight excluding hydrogens is 559 g/mol. The lowest BCUT2D eigenvalue weighted by Gasteiger charge is -2.27. The zero-order valence-electron chi connectivity index (χ0n) is 22.7. The van der Waals surface area contributed by atoms with E-state index in [9.17, 15) is 14.7 Å². The van der Waals surface area contributed by atoms with E-state index in [0.717, 1.165) is 5.69 Å². The summed E-state index contributed by atoms with van der Waals surface area (Å²) in [6.07, 6.45) is 0. The van der Waals surface area contributed by atoms with Crippen molar-refractivity contribution in [2.75, 3.05) is 52.3 Å². The van der Waals surface area contributed by atoms with Crippen LogP contribution in [0.3, 0.4) is 0 Å². The van der Waals surface area contributed by atoms with Gasteiger partial charge >= 0.3 is 0 Å². The Kier molecular flexibility index (Phi) is 8.37. The first-order chi connectivity index (χ1) is 19.1. The number of aliphatic hydroxyl groups is 1. The van der Waals surface area contributed by atoms with Crippen molar-refractivity contribution in [2.24, 2.45) is 0 Å². The molecule has 0 bridgehead atoms. The first-order valence-corrected chi connectivity index (χ1v) is 12.8. The molecule has 1 unspecified atom stereocenters. The molecule has 0 radical (unpaired) electrons. The van der Waals surface area contributed by atoms with E-state index in [1.807, 2.05) is 31.1 Å². The maximum Gasteiger partial charge on any atom is 0.300 e. The fourth-order valence-corrected chi connectivity index (χ4v) is 5.33. The minimum absolute atomic E-state index is 0.00443. The number of Topliss-reactive ketones (excluding diaryl/α,β-unsaturated/α-hetero) is 1. The molecule has 40 heavy (non-hydrogen) atoms. The molecular formula is C29H28Cl2N2O7. The van der Waals surface area contributed by atoms with Crippen LogP contribution in [-0.4, -0.2) is 59.3 Å². The number of hydrogen-bond donors (Lipinski definition) is 1. The molecule has 0 aromatic heterocycles. The van der Waals surface area contributed by atoms with Gasteiger partial charge in [-0.05, 0) is 48.0 Å². The second-order valence-electron chi connectivity index (χ2n) is 8.98. The summed E-state index contributed by atoms with van der Waals surface area (Å²) in [5, 5.41) is 11.7. The fourth-order valence-electron chi connectivity index (χ4n) is 4.64. The van der Waals surface area contributed by atoms with E-state index in [-0.39, 0.29) is 32.7 Å². The minimum atomic E-state index is -1.05. The number of nitrogens with zero attached hydrogens (tertiary/aromatic N) is 2. The molecule has 4 rings (SSSR count). The normalized spacial score (nSPS) is 16.2. The van der Waals surface area contributed by atoms with Gasteiger partial charge < -0.3 is 29.0 Å². The third kappa shape index (κ3) is 4.87. The summed E-state index contributed by atoms with van der Waals surface area (Å²) in [4.78, 5) is 30.4. The molecule has 1 saturated heterocycles. The van der Waals surface area contributed by atoms with Gasteiger partial charge in [0, 0.05) is 25.5 Å². The molecule has 1 fully saturated rings. The number of amides is 1. The number of carbonyl (C=O) groups excluding carboxylic acids is 2. The number of hydrogen-bond acceptors (Lipinski definition) is 8. The average molecular weight is 587 g/mol. The molecule has 1 N–H and O–H groups in total. The Morgan fingerprint density at radius 1 is 0.850 bits per heavy atom. The standard InChI is InChI=1S/C29H28Cl2N2O7/c1-32(2)16-8-10-17(11-9-16)33-24(15-7-12-20(37-3)21(13-15)38-4)22(26(35)29(33)36)25(34)18-14-19(30)28(40-6)23(31)27(18)39-5/h7-14,24,34H,1-6H3/b25-22+. The summed E-state index contributed by atoms with van der Waals surface area (Å²) in [5.74, 6) is -1.27. The SMILES string of the molecule is COc1ccc(C2/C(=C(\O)c3cc(Cl)c(OC)c(Cl)c3OC)C(=O)C(=O)N2c2ccc(N(C)C)cc2)cc1OC. The summed E-state index contributed by atoms with van der Waals surface area (Å²) in [5.41, 5.74) is 1.66. The van der Waals surface area contributed by atoms with E-state index in [0.29, 0.717) is 22.7 Å². The Morgan fingerprint density at radius 3 is 2.02 bits per heavy atom. The zero-order chi connectivity index (χ0) is 29.3. The fraction of sp³-hybridized carbons (Fsp3) is 0.241. The van der Waals surface area contributed by atoms with Crippen LogP contribution in [0.15, 0.2) is 54.1 Å². The Balaban J connectivity index is 2.02. The van der Waals surface area contributed by atoms with Crippen LogP contribution in [0.5, 0.6) is 23.0 Å². The zero-order valence-corrected chi connectivity index (χ0v) is 24.3. The third-order valence-corrected chi connectivity index (χ3v) is 7.23. The molecule has 0 saturated carbocycles. The number of rotatable bonds is 8. The van der Waals surface area contributed by atoms with Crippen molar-refractivity contribution in [2.45, 2.75) is 6.04 Å². The van der Waals surface area contributed by atoms with Crippen LogP contribution in [0.25, 0.3) is 5.76 Å². The highest BCUT2D eigenvalue weighted by molar-refractivity contribution is 6.52. The van der Waals surface area contributed by atoms with Gasteiger partial charge in [-0.3, -0.25) is 14.5 Å². The van der Waals surface area contributed by atoms with Gasteiger partial charge in [-0.25, -0.2) is 0 Å². The lowest BCUT2D eigenvalue weighted by molar-refractivity contribution is -0.132. The summed E-state index contributed by atoms with van der Waals surface area (Å²) in [6, 6.07) is 12.4. The first kappa shape index (κ1) is 28.9. The van der Waals surface area contributed by atoms with Crippen LogP contribution in [0.1, 0.15) is 17.2 Å². The van der Waals surface area contributed by atoms with Crippen LogP contribution in [0.4, 0.5) is 11.4 Å². The van der Waals surface area contributed by atoms with Crippen molar-refractivity contribution in [3.8, 4) is 23.0 Å². The van der Waals surface area contributed by atoms with Crippen LogP contribution in [0.2, 0.25) is 10.0 Å². The van der Waals surface area contributed by atoms with Gasteiger partial charge in [0.25, 0.3) is 11.7 Å². The summed E-state index contributed by atoms with van der Waals surface area (Å²) in [7, 11) is 9.50. The molecule has 1 atom stereocenters. The third-order valence-electron chi connectivity index (χ3n) is 6.61. The van der Waals surface area contributed by atoms with E-state index in [1.165, 1.54) is 39.4 Å². The minimum Gasteiger partial charge on any atom is -0.507 e. The summed E-state index contributed by atoms with van der Waals surface area (Å²) < 4.78 is 21.6. The predicted octanol–water partition coefficient (Wildman–Crippen LogP) is 5.72. The van der Waals surface area contributed by atoms with Crippen LogP contribution in [0, 0.1) is 0 Å². The number of halogens is 2. The molecule has 0 aliphatic carbocycles. The van der Waals surface area contributed by atoms with E-state index in [4.69, 9.17) is 42.1 Å². The Bertz CT molecular complexity index is 1500. The Hall–Kier alpha value is -4.08. The quantitative estimate of drug-likeness (QED) is 0.203. The molecule has 1 amide bonds. The Morgan fingerprint density at radius 2 is 1.48 bits per heavy atom. The maximum atomic E-state index is 13.6. The van der Waals surface area contributed by atoms with Crippen LogP contribution in [-0.2, 0) is 9.59 Å². The number of benzene rings is 3. The summed E-state index contributed by atoms with van der Waals surface area (Å²) >= 11 is 12.8. The monoisotopic (exact) mass is 586 g/mol. The Labute approximate surface area is 242 Å². The molecule has 210 valence electrons.